The number of amides is 1. The Morgan fingerprint density at radius 1 is 1.12 bits per heavy atom. The van der Waals surface area contributed by atoms with Crippen LogP contribution in [0.2, 0.25) is 0 Å². The van der Waals surface area contributed by atoms with Crippen molar-refractivity contribution < 1.29 is 37.4 Å². The van der Waals surface area contributed by atoms with Crippen LogP contribution in [0.25, 0.3) is 10.9 Å². The van der Waals surface area contributed by atoms with Crippen LogP contribution in [0.4, 0.5) is 13.2 Å². The number of aromatic nitrogens is 2. The minimum atomic E-state index is -1.62. The highest BCUT2D eigenvalue weighted by molar-refractivity contribution is 5.92. The van der Waals surface area contributed by atoms with Crippen LogP contribution in [0.1, 0.15) is 6.42 Å². The van der Waals surface area contributed by atoms with Gasteiger partial charge in [0.25, 0.3) is 5.56 Å². The smallest absolute Gasteiger partial charge is 0.305 e. The fraction of sp³-hybridized carbons (Fsp3) is 0.190. The maximum Gasteiger partial charge on any atom is 0.305 e. The summed E-state index contributed by atoms with van der Waals surface area (Å²) in [4.78, 5) is 52.4. The molecule has 1 atom stereocenters. The summed E-state index contributed by atoms with van der Waals surface area (Å²) in [5.74, 6) is -8.37. The minimum absolute atomic E-state index is 0.253. The summed E-state index contributed by atoms with van der Waals surface area (Å²) < 4.78 is 46.0. The number of hydrogen-bond acceptors (Lipinski definition) is 6. The number of fused-ring (bicyclic) bond motifs is 1. The lowest BCUT2D eigenvalue weighted by atomic mass is 10.1. The predicted molar refractivity (Wildman–Crippen MR) is 107 cm³/mol. The van der Waals surface area contributed by atoms with Crippen LogP contribution in [0.15, 0.2) is 47.5 Å². The van der Waals surface area contributed by atoms with E-state index < -0.39 is 72.0 Å². The monoisotopic (exact) mass is 463 g/mol. The molecule has 0 fully saturated rings. The van der Waals surface area contributed by atoms with Crippen molar-refractivity contribution in [3.8, 4) is 5.75 Å². The van der Waals surface area contributed by atoms with Crippen molar-refractivity contribution in [1.82, 2.24) is 14.9 Å². The Hall–Kier alpha value is -4.22. The van der Waals surface area contributed by atoms with Crippen LogP contribution in [-0.4, -0.2) is 45.0 Å². The third kappa shape index (κ3) is 5.73. The largest absolute Gasteiger partial charge is 0.481 e. The van der Waals surface area contributed by atoms with E-state index in [0.717, 1.165) is 10.9 Å². The van der Waals surface area contributed by atoms with Gasteiger partial charge in [0.15, 0.2) is 23.2 Å². The van der Waals surface area contributed by atoms with Crippen molar-refractivity contribution in [3.63, 3.8) is 0 Å². The van der Waals surface area contributed by atoms with Gasteiger partial charge in [-0.1, -0.05) is 12.1 Å². The number of ether oxygens (including phenoxy) is 1. The number of ketones is 1. The van der Waals surface area contributed by atoms with Crippen molar-refractivity contribution >= 4 is 28.6 Å². The molecule has 33 heavy (non-hydrogen) atoms. The lowest BCUT2D eigenvalue weighted by molar-refractivity contribution is -0.140. The molecule has 1 unspecified atom stereocenters. The van der Waals surface area contributed by atoms with E-state index >= 15 is 0 Å². The van der Waals surface area contributed by atoms with Crippen LogP contribution in [0.3, 0.4) is 0 Å². The van der Waals surface area contributed by atoms with Gasteiger partial charge >= 0.3 is 5.97 Å². The van der Waals surface area contributed by atoms with Crippen molar-refractivity contribution in [2.45, 2.75) is 19.0 Å². The molecule has 0 saturated heterocycles. The van der Waals surface area contributed by atoms with E-state index in [-0.39, 0.29) is 5.39 Å². The second-order valence-corrected chi connectivity index (χ2v) is 6.87. The van der Waals surface area contributed by atoms with Gasteiger partial charge in [-0.05, 0) is 12.1 Å². The van der Waals surface area contributed by atoms with Gasteiger partial charge in [0.1, 0.15) is 25.0 Å². The van der Waals surface area contributed by atoms with Crippen LogP contribution in [0, 0.1) is 17.5 Å². The molecule has 1 heterocycles. The van der Waals surface area contributed by atoms with E-state index in [2.05, 4.69) is 10.3 Å². The molecule has 1 amide bonds. The zero-order valence-electron chi connectivity index (χ0n) is 16.8. The molecule has 0 aliphatic carbocycles. The minimum Gasteiger partial charge on any atom is -0.481 e. The molecule has 2 N–H and O–H groups in total. The summed E-state index contributed by atoms with van der Waals surface area (Å²) in [6.07, 6.45) is 0.272. The van der Waals surface area contributed by atoms with E-state index in [1.165, 1.54) is 6.07 Å². The van der Waals surface area contributed by atoms with Crippen LogP contribution >= 0.6 is 0 Å². The first-order chi connectivity index (χ1) is 15.7. The first-order valence-corrected chi connectivity index (χ1v) is 9.41. The predicted octanol–water partition coefficient (Wildman–Crippen LogP) is 1.42. The average Bonchev–Trinajstić information content (AvgIpc) is 2.74. The highest BCUT2D eigenvalue weighted by Crippen LogP contribution is 2.22. The Kier molecular flexibility index (Phi) is 7.06. The molecular weight excluding hydrogens is 447 g/mol. The Labute approximate surface area is 183 Å². The number of carboxylic acids is 1. The number of carboxylic acid groups (broad SMARTS) is 1. The second kappa shape index (κ2) is 9.94. The van der Waals surface area contributed by atoms with Gasteiger partial charge in [0, 0.05) is 12.1 Å². The number of carbonyl (C=O) groups is 3. The summed E-state index contributed by atoms with van der Waals surface area (Å²) >= 11 is 0. The number of aliphatic carboxylic acids is 1. The maximum absolute atomic E-state index is 13.7. The Morgan fingerprint density at radius 2 is 1.79 bits per heavy atom. The molecule has 0 aliphatic heterocycles. The standard InChI is InChI=1S/C21H16F3N3O6/c22-11-5-13(23)20(14(24)6-11)33-9-17(28)16(7-19(30)31)26-18(29)8-27-10-25-15-4-2-1-3-12(15)21(27)32/h1-6,10,16H,7-9H2,(H,26,29)(H,30,31). The fourth-order valence-electron chi connectivity index (χ4n) is 2.94. The Bertz CT molecular complexity index is 1270. The second-order valence-electron chi connectivity index (χ2n) is 6.87. The molecule has 0 saturated carbocycles. The van der Waals surface area contributed by atoms with Gasteiger partial charge in [0.2, 0.25) is 5.91 Å². The fourth-order valence-corrected chi connectivity index (χ4v) is 2.94. The summed E-state index contributed by atoms with van der Waals surface area (Å²) in [5.41, 5.74) is -0.113. The molecule has 1 aromatic heterocycles. The molecule has 0 bridgehead atoms. The SMILES string of the molecule is O=C(O)CC(NC(=O)Cn1cnc2ccccc2c1=O)C(=O)COc1c(F)cc(F)cc1F. The van der Waals surface area contributed by atoms with Crippen LogP contribution < -0.4 is 15.6 Å². The molecule has 0 spiro atoms. The lowest BCUT2D eigenvalue weighted by Crippen LogP contribution is -2.46. The van der Waals surface area contributed by atoms with Gasteiger partial charge in [-0.25, -0.2) is 18.2 Å². The zero-order chi connectivity index (χ0) is 24.1. The topological polar surface area (TPSA) is 128 Å². The lowest BCUT2D eigenvalue weighted by Gasteiger charge is -2.17. The molecule has 9 nitrogen and oxygen atoms in total. The van der Waals surface area contributed by atoms with Crippen molar-refractivity contribution in [1.29, 1.82) is 0 Å². The molecule has 2 aromatic carbocycles. The number of carbonyl (C=O) groups excluding carboxylic acids is 2. The Balaban J connectivity index is 1.70. The summed E-state index contributed by atoms with van der Waals surface area (Å²) in [6, 6.07) is 5.48. The molecule has 172 valence electrons. The third-order valence-electron chi connectivity index (χ3n) is 4.47. The number of Topliss-reactive ketones (excluding diaryl/α,β-unsaturated/α-hetero) is 1. The number of hydrogen-bond donors (Lipinski definition) is 2. The van der Waals surface area contributed by atoms with Crippen molar-refractivity contribution in [2.75, 3.05) is 6.61 Å². The number of benzene rings is 2. The van der Waals surface area contributed by atoms with Gasteiger partial charge in [0.05, 0.1) is 23.7 Å². The molecular formula is C21H16F3N3O6. The molecule has 0 aliphatic rings. The van der Waals surface area contributed by atoms with Gasteiger partial charge < -0.3 is 15.2 Å². The van der Waals surface area contributed by atoms with Gasteiger partial charge in [-0.3, -0.25) is 23.7 Å². The third-order valence-corrected chi connectivity index (χ3v) is 4.47. The summed E-state index contributed by atoms with van der Waals surface area (Å²) in [5, 5.41) is 11.4. The first kappa shape index (κ1) is 23.4. The summed E-state index contributed by atoms with van der Waals surface area (Å²) in [7, 11) is 0. The maximum atomic E-state index is 13.7. The highest BCUT2D eigenvalue weighted by Gasteiger charge is 2.25. The molecule has 3 rings (SSSR count). The molecule has 12 heteroatoms. The normalized spacial score (nSPS) is 11.7. The van der Waals surface area contributed by atoms with Crippen molar-refractivity contribution in [3.05, 3.63) is 70.5 Å². The number of nitrogens with zero attached hydrogens (tertiary/aromatic N) is 2. The molecule has 3 aromatic rings. The number of rotatable bonds is 9. The average molecular weight is 463 g/mol. The van der Waals surface area contributed by atoms with E-state index in [4.69, 9.17) is 9.84 Å². The number of halogens is 3. The molecule has 0 radical (unpaired) electrons. The summed E-state index contributed by atoms with van der Waals surface area (Å²) in [6.45, 7) is -1.57. The first-order valence-electron chi connectivity index (χ1n) is 9.41. The van der Waals surface area contributed by atoms with Crippen LogP contribution in [-0.2, 0) is 20.9 Å². The number of para-hydroxylation sites is 1. The van der Waals surface area contributed by atoms with E-state index in [0.29, 0.717) is 17.6 Å². The van der Waals surface area contributed by atoms with Gasteiger partial charge in [-0.15, -0.1) is 0 Å². The number of nitrogens with one attached hydrogen (secondary N) is 1. The zero-order valence-corrected chi connectivity index (χ0v) is 16.8. The Morgan fingerprint density at radius 3 is 2.45 bits per heavy atom. The van der Waals surface area contributed by atoms with Crippen molar-refractivity contribution in [2.24, 2.45) is 0 Å². The highest BCUT2D eigenvalue weighted by atomic mass is 19.1. The van der Waals surface area contributed by atoms with Gasteiger partial charge in [-0.2, -0.15) is 0 Å². The van der Waals surface area contributed by atoms with E-state index in [9.17, 15) is 32.3 Å². The van der Waals surface area contributed by atoms with E-state index in [1.807, 2.05) is 0 Å². The van der Waals surface area contributed by atoms with E-state index in [1.54, 1.807) is 18.2 Å². The quantitative estimate of drug-likeness (QED) is 0.491. The van der Waals surface area contributed by atoms with Crippen LogP contribution in [0.5, 0.6) is 5.75 Å².